The van der Waals surface area contributed by atoms with Crippen LogP contribution < -0.4 is 0 Å². The number of aliphatic hydroxyl groups excluding tert-OH is 1. The Bertz CT molecular complexity index is 494. The smallest absolute Gasteiger partial charge is 0.123 e. The maximum absolute atomic E-state index is 12.8. The second-order valence-corrected chi connectivity index (χ2v) is 4.89. The Morgan fingerprint density at radius 2 is 1.71 bits per heavy atom. The van der Waals surface area contributed by atoms with Crippen LogP contribution in [0.3, 0.4) is 0 Å². The van der Waals surface area contributed by atoms with Gasteiger partial charge in [-0.05, 0) is 42.8 Å². The van der Waals surface area contributed by atoms with Crippen LogP contribution in [0.5, 0.6) is 0 Å². The van der Waals surface area contributed by atoms with Crippen molar-refractivity contribution in [3.05, 3.63) is 59.9 Å². The van der Waals surface area contributed by atoms with Gasteiger partial charge in [0, 0.05) is 9.79 Å². The van der Waals surface area contributed by atoms with Gasteiger partial charge in [-0.2, -0.15) is 0 Å². The topological polar surface area (TPSA) is 20.2 Å². The zero-order valence-corrected chi connectivity index (χ0v) is 10.2. The maximum atomic E-state index is 12.8. The first-order valence-electron chi connectivity index (χ1n) is 5.37. The monoisotopic (exact) mass is 248 g/mol. The van der Waals surface area contributed by atoms with E-state index in [9.17, 15) is 9.50 Å². The van der Waals surface area contributed by atoms with Crippen molar-refractivity contribution in [1.29, 1.82) is 0 Å². The molecule has 0 aromatic heterocycles. The van der Waals surface area contributed by atoms with Gasteiger partial charge in [0.25, 0.3) is 0 Å². The minimum absolute atomic E-state index is 0.238. The summed E-state index contributed by atoms with van der Waals surface area (Å²) in [6.07, 6.45) is -0.501. The third-order valence-corrected chi connectivity index (χ3v) is 3.51. The Morgan fingerprint density at radius 3 is 2.35 bits per heavy atom. The van der Waals surface area contributed by atoms with Crippen molar-refractivity contribution in [1.82, 2.24) is 0 Å². The lowest BCUT2D eigenvalue weighted by molar-refractivity contribution is 0.196. The average molecular weight is 248 g/mol. The third kappa shape index (κ3) is 3.08. The van der Waals surface area contributed by atoms with E-state index < -0.39 is 6.10 Å². The first-order valence-corrected chi connectivity index (χ1v) is 6.19. The van der Waals surface area contributed by atoms with E-state index in [1.165, 1.54) is 23.9 Å². The van der Waals surface area contributed by atoms with Gasteiger partial charge < -0.3 is 5.11 Å². The fourth-order valence-corrected chi connectivity index (χ4v) is 2.58. The molecule has 0 fully saturated rings. The van der Waals surface area contributed by atoms with Crippen LogP contribution in [-0.2, 0) is 0 Å². The summed E-state index contributed by atoms with van der Waals surface area (Å²) in [5.41, 5.74) is 0.891. The van der Waals surface area contributed by atoms with Crippen LogP contribution >= 0.6 is 11.8 Å². The van der Waals surface area contributed by atoms with Crippen molar-refractivity contribution in [3.8, 4) is 0 Å². The molecule has 0 saturated carbocycles. The molecule has 1 atom stereocenters. The molecule has 0 aliphatic heterocycles. The largest absolute Gasteiger partial charge is 0.389 e. The van der Waals surface area contributed by atoms with Crippen LogP contribution in [0.1, 0.15) is 18.6 Å². The molecule has 0 saturated heterocycles. The van der Waals surface area contributed by atoms with Gasteiger partial charge in [0.1, 0.15) is 5.82 Å². The van der Waals surface area contributed by atoms with Crippen LogP contribution in [0.15, 0.2) is 58.3 Å². The summed E-state index contributed by atoms with van der Waals surface area (Å²) in [5.74, 6) is -0.238. The van der Waals surface area contributed by atoms with E-state index in [4.69, 9.17) is 0 Å². The fourth-order valence-electron chi connectivity index (χ4n) is 1.55. The molecule has 3 heteroatoms. The molecule has 0 amide bonds. The zero-order chi connectivity index (χ0) is 12.3. The number of aliphatic hydroxyl groups is 1. The molecular formula is C14H13FOS. The van der Waals surface area contributed by atoms with Crippen molar-refractivity contribution in [3.63, 3.8) is 0 Å². The van der Waals surface area contributed by atoms with Gasteiger partial charge in [-0.15, -0.1) is 0 Å². The Kier molecular flexibility index (Phi) is 3.82. The van der Waals surface area contributed by atoms with E-state index in [-0.39, 0.29) is 5.82 Å². The highest BCUT2D eigenvalue weighted by Crippen LogP contribution is 2.33. The Hall–Kier alpha value is -1.32. The highest BCUT2D eigenvalue weighted by Gasteiger charge is 2.08. The maximum Gasteiger partial charge on any atom is 0.123 e. The molecular weight excluding hydrogens is 235 g/mol. The van der Waals surface area contributed by atoms with Crippen LogP contribution in [0.2, 0.25) is 0 Å². The summed E-state index contributed by atoms with van der Waals surface area (Å²) in [7, 11) is 0. The minimum atomic E-state index is -0.501. The van der Waals surface area contributed by atoms with Gasteiger partial charge in [0.05, 0.1) is 6.10 Å². The molecule has 2 aromatic rings. The number of benzene rings is 2. The van der Waals surface area contributed by atoms with Gasteiger partial charge in [-0.3, -0.25) is 0 Å². The van der Waals surface area contributed by atoms with E-state index in [1.807, 2.05) is 24.3 Å². The number of hydrogen-bond acceptors (Lipinski definition) is 2. The van der Waals surface area contributed by atoms with Crippen LogP contribution in [-0.4, -0.2) is 5.11 Å². The quantitative estimate of drug-likeness (QED) is 0.885. The van der Waals surface area contributed by atoms with Crippen molar-refractivity contribution >= 4 is 11.8 Å². The van der Waals surface area contributed by atoms with Gasteiger partial charge in [-0.1, -0.05) is 30.0 Å². The summed E-state index contributed by atoms with van der Waals surface area (Å²) in [5, 5.41) is 9.65. The van der Waals surface area contributed by atoms with E-state index in [1.54, 1.807) is 19.1 Å². The summed E-state index contributed by atoms with van der Waals surface area (Å²) in [4.78, 5) is 1.95. The second-order valence-electron chi connectivity index (χ2n) is 3.77. The number of rotatable bonds is 3. The molecule has 88 valence electrons. The average Bonchev–Trinajstić information content (AvgIpc) is 2.32. The lowest BCUT2D eigenvalue weighted by atomic mass is 10.1. The van der Waals surface area contributed by atoms with E-state index in [0.717, 1.165) is 15.4 Å². The van der Waals surface area contributed by atoms with Gasteiger partial charge in [-0.25, -0.2) is 4.39 Å². The fraction of sp³-hybridized carbons (Fsp3) is 0.143. The van der Waals surface area contributed by atoms with Crippen molar-refractivity contribution in [2.75, 3.05) is 0 Å². The molecule has 1 N–H and O–H groups in total. The first kappa shape index (κ1) is 12.1. The molecule has 2 rings (SSSR count). The van der Waals surface area contributed by atoms with Crippen LogP contribution in [0.4, 0.5) is 4.39 Å². The predicted molar refractivity (Wildman–Crippen MR) is 67.6 cm³/mol. The molecule has 2 aromatic carbocycles. The highest BCUT2D eigenvalue weighted by molar-refractivity contribution is 7.99. The molecule has 0 aliphatic carbocycles. The lowest BCUT2D eigenvalue weighted by Crippen LogP contribution is -1.93. The molecule has 1 nitrogen and oxygen atoms in total. The molecule has 0 radical (unpaired) electrons. The number of hydrogen-bond donors (Lipinski definition) is 1. The van der Waals surface area contributed by atoms with Gasteiger partial charge in [0.2, 0.25) is 0 Å². The van der Waals surface area contributed by atoms with Crippen LogP contribution in [0, 0.1) is 5.82 Å². The highest BCUT2D eigenvalue weighted by atomic mass is 32.2. The molecule has 0 aliphatic rings. The van der Waals surface area contributed by atoms with E-state index >= 15 is 0 Å². The summed E-state index contributed by atoms with van der Waals surface area (Å²) < 4.78 is 12.8. The standard InChI is InChI=1S/C14H13FOS/c1-10(16)13-4-2-3-5-14(13)17-12-8-6-11(15)7-9-12/h2-10,16H,1H3/t10-/m0/s1. The Morgan fingerprint density at radius 1 is 1.06 bits per heavy atom. The zero-order valence-electron chi connectivity index (χ0n) is 9.43. The molecule has 0 unspecified atom stereocenters. The van der Waals surface area contributed by atoms with Crippen molar-refractivity contribution < 1.29 is 9.50 Å². The first-order chi connectivity index (χ1) is 8.16. The van der Waals surface area contributed by atoms with Gasteiger partial charge >= 0.3 is 0 Å². The number of halogens is 1. The Balaban J connectivity index is 2.26. The molecule has 17 heavy (non-hydrogen) atoms. The summed E-state index contributed by atoms with van der Waals surface area (Å²) in [6.45, 7) is 1.74. The van der Waals surface area contributed by atoms with Crippen molar-refractivity contribution in [2.24, 2.45) is 0 Å². The van der Waals surface area contributed by atoms with Crippen LogP contribution in [0.25, 0.3) is 0 Å². The van der Waals surface area contributed by atoms with Gasteiger partial charge in [0.15, 0.2) is 0 Å². The summed E-state index contributed by atoms with van der Waals surface area (Å²) in [6, 6.07) is 14.0. The minimum Gasteiger partial charge on any atom is -0.389 e. The lowest BCUT2D eigenvalue weighted by Gasteiger charge is -2.11. The third-order valence-electron chi connectivity index (χ3n) is 2.41. The normalized spacial score (nSPS) is 12.4. The molecule has 0 bridgehead atoms. The van der Waals surface area contributed by atoms with E-state index in [2.05, 4.69) is 0 Å². The predicted octanol–water partition coefficient (Wildman–Crippen LogP) is 4.03. The molecule has 0 heterocycles. The molecule has 0 spiro atoms. The summed E-state index contributed by atoms with van der Waals surface area (Å²) >= 11 is 1.52. The second kappa shape index (κ2) is 5.34. The van der Waals surface area contributed by atoms with E-state index in [0.29, 0.717) is 0 Å². The Labute approximate surface area is 104 Å². The SMILES string of the molecule is C[C@H](O)c1ccccc1Sc1ccc(F)cc1. The van der Waals surface area contributed by atoms with Crippen molar-refractivity contribution in [2.45, 2.75) is 22.8 Å².